The van der Waals surface area contributed by atoms with Gasteiger partial charge in [-0.3, -0.25) is 9.59 Å². The Morgan fingerprint density at radius 2 is 1.95 bits per heavy atom. The Kier molecular flexibility index (Phi) is 4.62. The van der Waals surface area contributed by atoms with Crippen molar-refractivity contribution in [2.45, 2.75) is 0 Å². The number of aryl methyl sites for hydroxylation is 1. The molecule has 1 N–H and O–H groups in total. The average Bonchev–Trinajstić information content (AvgIpc) is 2.51. The fourth-order valence-electron chi connectivity index (χ4n) is 1.76. The van der Waals surface area contributed by atoms with Crippen LogP contribution in [0.5, 0.6) is 0 Å². The molecule has 1 amide bonds. The predicted octanol–water partition coefficient (Wildman–Crippen LogP) is 2.08. The van der Waals surface area contributed by atoms with Crippen molar-refractivity contribution in [3.8, 4) is 0 Å². The Balaban J connectivity index is 2.26. The van der Waals surface area contributed by atoms with E-state index in [9.17, 15) is 14.4 Å². The molecule has 0 saturated carbocycles. The minimum atomic E-state index is -0.602. The van der Waals surface area contributed by atoms with E-state index in [1.807, 2.05) is 0 Å². The highest BCUT2D eigenvalue weighted by Crippen LogP contribution is 2.21. The summed E-state index contributed by atoms with van der Waals surface area (Å²) >= 11 is 5.90. The highest BCUT2D eigenvalue weighted by molar-refractivity contribution is 6.33. The molecule has 0 spiro atoms. The lowest BCUT2D eigenvalue weighted by molar-refractivity contribution is 0.0600. The molecule has 0 aliphatic carbocycles. The van der Waals surface area contributed by atoms with Gasteiger partial charge in [-0.25, -0.2) is 4.79 Å². The summed E-state index contributed by atoms with van der Waals surface area (Å²) in [6, 6.07) is 7.19. The fraction of sp³-hybridized carbons (Fsp3) is 0.133. The van der Waals surface area contributed by atoms with Crippen molar-refractivity contribution in [1.29, 1.82) is 0 Å². The zero-order valence-corrected chi connectivity index (χ0v) is 12.7. The van der Waals surface area contributed by atoms with Crippen LogP contribution in [0.2, 0.25) is 5.02 Å². The number of nitrogens with one attached hydrogen (secondary N) is 1. The standard InChI is InChI=1S/C15H13ClN2O4/c1-18-6-5-9(7-13(18)19)14(20)17-10-3-4-12(16)11(8-10)15(21)22-2/h3-8H,1-2H3,(H,17,20). The quantitative estimate of drug-likeness (QED) is 0.878. The van der Waals surface area contributed by atoms with Crippen LogP contribution in [0.4, 0.5) is 5.69 Å². The minimum absolute atomic E-state index is 0.144. The number of aromatic nitrogens is 1. The first kappa shape index (κ1) is 15.8. The maximum Gasteiger partial charge on any atom is 0.339 e. The number of halogens is 1. The molecule has 0 bridgehead atoms. The molecule has 0 aliphatic heterocycles. The normalized spacial score (nSPS) is 10.1. The molecule has 0 aliphatic rings. The summed E-state index contributed by atoms with van der Waals surface area (Å²) < 4.78 is 5.97. The Morgan fingerprint density at radius 3 is 2.59 bits per heavy atom. The molecule has 2 rings (SSSR count). The first-order chi connectivity index (χ1) is 10.4. The maximum absolute atomic E-state index is 12.1. The Labute approximate surface area is 131 Å². The smallest absolute Gasteiger partial charge is 0.339 e. The third-order valence-electron chi connectivity index (χ3n) is 3.00. The fourth-order valence-corrected chi connectivity index (χ4v) is 1.96. The lowest BCUT2D eigenvalue weighted by atomic mass is 10.2. The number of pyridine rings is 1. The van der Waals surface area contributed by atoms with E-state index in [-0.39, 0.29) is 21.7 Å². The first-order valence-electron chi connectivity index (χ1n) is 6.28. The second-order valence-corrected chi connectivity index (χ2v) is 4.91. The second-order valence-electron chi connectivity index (χ2n) is 4.50. The van der Waals surface area contributed by atoms with Gasteiger partial charge in [-0.1, -0.05) is 11.6 Å². The molecule has 22 heavy (non-hydrogen) atoms. The third kappa shape index (κ3) is 3.35. The number of methoxy groups -OCH3 is 1. The molecular formula is C15H13ClN2O4. The minimum Gasteiger partial charge on any atom is -0.465 e. The highest BCUT2D eigenvalue weighted by atomic mass is 35.5. The van der Waals surface area contributed by atoms with E-state index in [4.69, 9.17) is 11.6 Å². The predicted molar refractivity (Wildman–Crippen MR) is 82.4 cm³/mol. The zero-order chi connectivity index (χ0) is 16.3. The van der Waals surface area contributed by atoms with Crippen LogP contribution in [-0.2, 0) is 11.8 Å². The molecular weight excluding hydrogens is 308 g/mol. The van der Waals surface area contributed by atoms with Crippen molar-refractivity contribution in [1.82, 2.24) is 4.57 Å². The van der Waals surface area contributed by atoms with Crippen molar-refractivity contribution in [2.75, 3.05) is 12.4 Å². The Morgan fingerprint density at radius 1 is 1.23 bits per heavy atom. The van der Waals surface area contributed by atoms with Gasteiger partial charge in [0.1, 0.15) is 0 Å². The monoisotopic (exact) mass is 320 g/mol. The number of rotatable bonds is 3. The van der Waals surface area contributed by atoms with Crippen LogP contribution in [0.3, 0.4) is 0 Å². The number of hydrogen-bond donors (Lipinski definition) is 1. The van der Waals surface area contributed by atoms with Gasteiger partial charge in [0.15, 0.2) is 0 Å². The number of hydrogen-bond acceptors (Lipinski definition) is 4. The van der Waals surface area contributed by atoms with Crippen molar-refractivity contribution < 1.29 is 14.3 Å². The number of carbonyl (C=O) groups excluding carboxylic acids is 2. The number of carbonyl (C=O) groups is 2. The summed E-state index contributed by atoms with van der Waals surface area (Å²) in [6.07, 6.45) is 1.50. The van der Waals surface area contributed by atoms with Crippen LogP contribution < -0.4 is 10.9 Å². The Bertz CT molecular complexity index is 798. The number of anilines is 1. The van der Waals surface area contributed by atoms with E-state index in [0.29, 0.717) is 5.69 Å². The van der Waals surface area contributed by atoms with Crippen LogP contribution in [0, 0.1) is 0 Å². The van der Waals surface area contributed by atoms with E-state index in [1.54, 1.807) is 13.1 Å². The topological polar surface area (TPSA) is 77.4 Å². The molecule has 2 aromatic rings. The number of amides is 1. The van der Waals surface area contributed by atoms with E-state index >= 15 is 0 Å². The van der Waals surface area contributed by atoms with Gasteiger partial charge >= 0.3 is 5.97 Å². The molecule has 1 aromatic carbocycles. The third-order valence-corrected chi connectivity index (χ3v) is 3.33. The molecule has 0 saturated heterocycles. The largest absolute Gasteiger partial charge is 0.465 e. The summed E-state index contributed by atoms with van der Waals surface area (Å²) in [5, 5.41) is 2.82. The SMILES string of the molecule is COC(=O)c1cc(NC(=O)c2ccn(C)c(=O)c2)ccc1Cl. The number of benzene rings is 1. The lowest BCUT2D eigenvalue weighted by Crippen LogP contribution is -2.20. The van der Waals surface area contributed by atoms with Gasteiger partial charge in [0.25, 0.3) is 11.5 Å². The summed E-state index contributed by atoms with van der Waals surface area (Å²) in [5.74, 6) is -1.06. The summed E-state index contributed by atoms with van der Waals surface area (Å²) in [5.41, 5.74) is 0.443. The van der Waals surface area contributed by atoms with Crippen molar-refractivity contribution in [3.05, 3.63) is 63.0 Å². The second kappa shape index (κ2) is 6.44. The molecule has 0 fully saturated rings. The van der Waals surface area contributed by atoms with Crippen LogP contribution in [0.25, 0.3) is 0 Å². The Hall–Kier alpha value is -2.60. The molecule has 1 aromatic heterocycles. The molecule has 7 heteroatoms. The van der Waals surface area contributed by atoms with Crippen molar-refractivity contribution in [3.63, 3.8) is 0 Å². The van der Waals surface area contributed by atoms with Gasteiger partial charge in [0, 0.05) is 30.6 Å². The number of nitrogens with zero attached hydrogens (tertiary/aromatic N) is 1. The van der Waals surface area contributed by atoms with Crippen molar-refractivity contribution in [2.24, 2.45) is 7.05 Å². The van der Waals surface area contributed by atoms with Gasteiger partial charge in [-0.05, 0) is 24.3 Å². The number of esters is 1. The van der Waals surface area contributed by atoms with Crippen LogP contribution >= 0.6 is 11.6 Å². The van der Waals surface area contributed by atoms with Gasteiger partial charge in [-0.15, -0.1) is 0 Å². The van der Waals surface area contributed by atoms with E-state index in [2.05, 4.69) is 10.1 Å². The zero-order valence-electron chi connectivity index (χ0n) is 11.9. The van der Waals surface area contributed by atoms with Crippen LogP contribution in [-0.4, -0.2) is 23.6 Å². The summed E-state index contributed by atoms with van der Waals surface area (Å²) in [4.78, 5) is 35.2. The summed E-state index contributed by atoms with van der Waals surface area (Å²) in [6.45, 7) is 0. The van der Waals surface area contributed by atoms with Crippen LogP contribution in [0.1, 0.15) is 20.7 Å². The van der Waals surface area contributed by atoms with Gasteiger partial charge in [-0.2, -0.15) is 0 Å². The van der Waals surface area contributed by atoms with Gasteiger partial charge in [0.2, 0.25) is 0 Å². The summed E-state index contributed by atoms with van der Waals surface area (Å²) in [7, 11) is 2.83. The highest BCUT2D eigenvalue weighted by Gasteiger charge is 2.13. The average molecular weight is 321 g/mol. The lowest BCUT2D eigenvalue weighted by Gasteiger charge is -2.08. The molecule has 0 radical (unpaired) electrons. The molecule has 114 valence electrons. The van der Waals surface area contributed by atoms with E-state index in [0.717, 1.165) is 0 Å². The maximum atomic E-state index is 12.1. The van der Waals surface area contributed by atoms with Crippen LogP contribution in [0.15, 0.2) is 41.3 Å². The van der Waals surface area contributed by atoms with Crippen molar-refractivity contribution >= 4 is 29.2 Å². The molecule has 6 nitrogen and oxygen atoms in total. The van der Waals surface area contributed by atoms with E-state index < -0.39 is 11.9 Å². The number of ether oxygens (including phenoxy) is 1. The molecule has 0 unspecified atom stereocenters. The van der Waals surface area contributed by atoms with Gasteiger partial charge in [0.05, 0.1) is 17.7 Å². The molecule has 0 atom stereocenters. The van der Waals surface area contributed by atoms with Gasteiger partial charge < -0.3 is 14.6 Å². The van der Waals surface area contributed by atoms with E-state index in [1.165, 1.54) is 42.1 Å². The molecule has 1 heterocycles. The first-order valence-corrected chi connectivity index (χ1v) is 6.66.